The van der Waals surface area contributed by atoms with Crippen molar-refractivity contribution < 1.29 is 42.8 Å². The van der Waals surface area contributed by atoms with Gasteiger partial charge in [0.15, 0.2) is 0 Å². The topological polar surface area (TPSA) is 152 Å². The van der Waals surface area contributed by atoms with Crippen LogP contribution in [-0.4, -0.2) is 51.0 Å². The number of hydroxylamine groups is 2. The molecule has 13 heteroatoms. The van der Waals surface area contributed by atoms with E-state index in [1.807, 2.05) is 0 Å². The summed E-state index contributed by atoms with van der Waals surface area (Å²) < 4.78 is 20.1. The molecule has 1 aliphatic heterocycles. The average Bonchev–Trinajstić information content (AvgIpc) is 2.96. The Bertz CT molecular complexity index is 808. The number of imide groups is 1. The minimum absolute atomic E-state index is 0.0342. The Morgan fingerprint density at radius 2 is 1.72 bits per heavy atom. The highest BCUT2D eigenvalue weighted by Crippen LogP contribution is 2.35. The van der Waals surface area contributed by atoms with Crippen molar-refractivity contribution in [3.05, 3.63) is 35.4 Å². The Labute approximate surface area is 171 Å². The third-order valence-corrected chi connectivity index (χ3v) is 4.35. The number of carbonyl (C=O) groups is 3. The van der Waals surface area contributed by atoms with E-state index in [0.717, 1.165) is 5.56 Å². The summed E-state index contributed by atoms with van der Waals surface area (Å²) >= 11 is 4.93. The number of rotatable bonds is 9. The number of hydrogen-bond acceptors (Lipinski definition) is 8. The number of hydrogen-bond donors (Lipinski definition) is 3. The molecule has 0 atom stereocenters. The van der Waals surface area contributed by atoms with Crippen molar-refractivity contribution >= 4 is 43.0 Å². The van der Waals surface area contributed by atoms with Crippen LogP contribution in [-0.2, 0) is 46.1 Å². The number of carbonyl (C=O) groups excluding carboxylic acids is 3. The second kappa shape index (κ2) is 10.4. The lowest BCUT2D eigenvalue weighted by Gasteiger charge is -2.13. The lowest BCUT2D eigenvalue weighted by Crippen LogP contribution is -2.32. The fourth-order valence-corrected chi connectivity index (χ4v) is 2.72. The van der Waals surface area contributed by atoms with Crippen molar-refractivity contribution in [1.29, 1.82) is 0 Å². The monoisotopic (exact) mass is 446 g/mol. The van der Waals surface area contributed by atoms with Crippen LogP contribution in [0.15, 0.2) is 24.3 Å². The van der Waals surface area contributed by atoms with Gasteiger partial charge in [-0.3, -0.25) is 14.1 Å². The molecule has 1 heterocycles. The molecule has 2 amide bonds. The number of thiocarbonyl (C=S) groups is 1. The zero-order valence-electron chi connectivity index (χ0n) is 15.1. The van der Waals surface area contributed by atoms with Crippen molar-refractivity contribution in [2.75, 3.05) is 13.2 Å². The van der Waals surface area contributed by atoms with Gasteiger partial charge in [0.1, 0.15) is 6.61 Å². The zero-order valence-corrected chi connectivity index (χ0v) is 16.8. The summed E-state index contributed by atoms with van der Waals surface area (Å²) in [6, 6.07) is 6.73. The first-order valence-electron chi connectivity index (χ1n) is 8.39. The Kier molecular flexibility index (Phi) is 8.23. The normalized spacial score (nSPS) is 14.1. The Balaban J connectivity index is 1.70. The molecular formula is C16H19N2O9PS. The van der Waals surface area contributed by atoms with Crippen LogP contribution in [0.5, 0.6) is 0 Å². The predicted molar refractivity (Wildman–Crippen MR) is 101 cm³/mol. The van der Waals surface area contributed by atoms with E-state index in [-0.39, 0.29) is 44.2 Å². The first-order valence-corrected chi connectivity index (χ1v) is 10.3. The Morgan fingerprint density at radius 3 is 2.31 bits per heavy atom. The minimum atomic E-state index is -4.51. The molecule has 1 aromatic rings. The summed E-state index contributed by atoms with van der Waals surface area (Å²) in [6.45, 7) is -0.0487. The van der Waals surface area contributed by atoms with Gasteiger partial charge in [0.05, 0.1) is 13.0 Å². The Hall–Kier alpha value is -2.37. The van der Waals surface area contributed by atoms with Crippen LogP contribution in [0.2, 0.25) is 0 Å². The molecule has 11 nitrogen and oxygen atoms in total. The number of nitrogens with zero attached hydrogens (tertiary/aromatic N) is 1. The van der Waals surface area contributed by atoms with E-state index < -0.39 is 25.6 Å². The summed E-state index contributed by atoms with van der Waals surface area (Å²) in [7, 11) is -4.51. The summed E-state index contributed by atoms with van der Waals surface area (Å²) in [6.07, 6.45) is -0.0415. The first kappa shape index (κ1) is 22.9. The fourth-order valence-electron chi connectivity index (χ4n) is 2.23. The highest BCUT2D eigenvalue weighted by molar-refractivity contribution is 7.80. The predicted octanol–water partition coefficient (Wildman–Crippen LogP) is 0.337. The maximum Gasteiger partial charge on any atom is 0.469 e. The van der Waals surface area contributed by atoms with Crippen molar-refractivity contribution in [3.63, 3.8) is 0 Å². The van der Waals surface area contributed by atoms with Crippen molar-refractivity contribution in [3.8, 4) is 0 Å². The summed E-state index contributed by atoms with van der Waals surface area (Å²) in [5.41, 5.74) is 1.37. The van der Waals surface area contributed by atoms with E-state index in [0.29, 0.717) is 10.6 Å². The van der Waals surface area contributed by atoms with Crippen LogP contribution in [0.3, 0.4) is 0 Å². The van der Waals surface area contributed by atoms with Crippen LogP contribution < -0.4 is 5.32 Å². The molecule has 1 fully saturated rings. The van der Waals surface area contributed by atoms with Gasteiger partial charge < -0.3 is 24.7 Å². The Morgan fingerprint density at radius 1 is 1.14 bits per heavy atom. The van der Waals surface area contributed by atoms with Gasteiger partial charge in [0.25, 0.3) is 17.0 Å². The van der Waals surface area contributed by atoms with Gasteiger partial charge in [-0.1, -0.05) is 24.3 Å². The summed E-state index contributed by atoms with van der Waals surface area (Å²) in [4.78, 5) is 56.6. The van der Waals surface area contributed by atoms with E-state index in [1.54, 1.807) is 24.3 Å². The number of phosphoric acid groups is 1. The standard InChI is InChI=1S/C16H19N2O9PS/c19-13-5-6-14(20)18(13)27-15(21)9-11-1-3-12(4-2-11)10-25-16(29)17-7-8-26-28(22,23)24/h1-4H,5-10H2,(H,17,29)(H2,22,23,24). The van der Waals surface area contributed by atoms with Gasteiger partial charge in [-0.15, -0.1) is 5.06 Å². The lowest BCUT2D eigenvalue weighted by molar-refractivity contribution is -0.197. The molecule has 0 unspecified atom stereocenters. The third kappa shape index (κ3) is 8.26. The second-order valence-corrected chi connectivity index (χ2v) is 7.48. The van der Waals surface area contributed by atoms with E-state index in [2.05, 4.69) is 9.84 Å². The van der Waals surface area contributed by atoms with Crippen molar-refractivity contribution in [2.24, 2.45) is 0 Å². The highest BCUT2D eigenvalue weighted by Gasteiger charge is 2.32. The first-order chi connectivity index (χ1) is 13.6. The molecule has 0 saturated carbocycles. The molecule has 2 rings (SSSR count). The molecule has 0 spiro atoms. The average molecular weight is 446 g/mol. The molecule has 1 aromatic carbocycles. The fraction of sp³-hybridized carbons (Fsp3) is 0.375. The van der Waals surface area contributed by atoms with Crippen LogP contribution in [0.1, 0.15) is 24.0 Å². The van der Waals surface area contributed by atoms with Crippen LogP contribution >= 0.6 is 20.0 Å². The van der Waals surface area contributed by atoms with E-state index in [1.165, 1.54) is 0 Å². The largest absolute Gasteiger partial charge is 0.469 e. The number of nitrogens with one attached hydrogen (secondary N) is 1. The molecule has 1 aliphatic rings. The lowest BCUT2D eigenvalue weighted by atomic mass is 10.1. The smallest absolute Gasteiger partial charge is 0.466 e. The van der Waals surface area contributed by atoms with Gasteiger partial charge in [-0.2, -0.15) is 0 Å². The maximum absolute atomic E-state index is 11.9. The van der Waals surface area contributed by atoms with Gasteiger partial charge in [0.2, 0.25) is 0 Å². The summed E-state index contributed by atoms with van der Waals surface area (Å²) in [5.74, 6) is -1.79. The van der Waals surface area contributed by atoms with Crippen molar-refractivity contribution in [1.82, 2.24) is 10.4 Å². The van der Waals surface area contributed by atoms with E-state index >= 15 is 0 Å². The number of benzene rings is 1. The van der Waals surface area contributed by atoms with Gasteiger partial charge in [-0.05, 0) is 23.3 Å². The quantitative estimate of drug-likeness (QED) is 0.208. The highest BCUT2D eigenvalue weighted by atomic mass is 32.1. The van der Waals surface area contributed by atoms with E-state index in [4.69, 9.17) is 31.6 Å². The van der Waals surface area contributed by atoms with Crippen molar-refractivity contribution in [2.45, 2.75) is 25.9 Å². The maximum atomic E-state index is 11.9. The molecule has 0 aliphatic carbocycles. The molecule has 0 aromatic heterocycles. The van der Waals surface area contributed by atoms with Crippen LogP contribution in [0, 0.1) is 0 Å². The molecule has 3 N–H and O–H groups in total. The van der Waals surface area contributed by atoms with Gasteiger partial charge in [-0.25, -0.2) is 9.36 Å². The molecule has 0 radical (unpaired) electrons. The number of ether oxygens (including phenoxy) is 1. The molecule has 158 valence electrons. The summed E-state index contributed by atoms with van der Waals surface area (Å²) in [5, 5.41) is 3.16. The molecular weight excluding hydrogens is 427 g/mol. The van der Waals surface area contributed by atoms with Gasteiger partial charge >= 0.3 is 13.8 Å². The second-order valence-electron chi connectivity index (χ2n) is 5.87. The zero-order chi connectivity index (χ0) is 21.4. The minimum Gasteiger partial charge on any atom is -0.466 e. The molecule has 29 heavy (non-hydrogen) atoms. The molecule has 1 saturated heterocycles. The third-order valence-electron chi connectivity index (χ3n) is 3.57. The molecule has 0 bridgehead atoms. The van der Waals surface area contributed by atoms with Gasteiger partial charge in [0, 0.05) is 19.4 Å². The van der Waals surface area contributed by atoms with Crippen LogP contribution in [0.25, 0.3) is 0 Å². The van der Waals surface area contributed by atoms with E-state index in [9.17, 15) is 18.9 Å². The number of phosphoric ester groups is 1. The van der Waals surface area contributed by atoms with Crippen LogP contribution in [0.4, 0.5) is 0 Å². The SMILES string of the molecule is O=C(Cc1ccc(COC(=S)NCCOP(=O)(O)O)cc1)ON1C(=O)CCC1=O. The number of amides is 2.